The van der Waals surface area contributed by atoms with E-state index in [4.69, 9.17) is 4.74 Å². The highest BCUT2D eigenvalue weighted by atomic mass is 19.1. The van der Waals surface area contributed by atoms with Crippen LogP contribution in [0.15, 0.2) is 29.2 Å². The molecule has 2 amide bonds. The molecule has 0 unspecified atom stereocenters. The van der Waals surface area contributed by atoms with E-state index in [1.807, 2.05) is 6.92 Å². The molecule has 36 heavy (non-hydrogen) atoms. The van der Waals surface area contributed by atoms with Crippen LogP contribution in [0.2, 0.25) is 0 Å². The fraction of sp³-hybridized carbons (Fsp3) is 0.480. The van der Waals surface area contributed by atoms with Crippen LogP contribution in [0.5, 0.6) is 0 Å². The second-order valence-electron chi connectivity index (χ2n) is 9.63. The van der Waals surface area contributed by atoms with Crippen LogP contribution in [0, 0.1) is 11.7 Å². The molecule has 1 saturated carbocycles. The summed E-state index contributed by atoms with van der Waals surface area (Å²) in [6.07, 6.45) is 6.42. The number of ether oxygens (including phenoxy) is 1. The molecule has 3 aromatic heterocycles. The summed E-state index contributed by atoms with van der Waals surface area (Å²) in [6.45, 7) is 2.04. The normalized spacial score (nSPS) is 16.6. The van der Waals surface area contributed by atoms with Crippen LogP contribution in [0.4, 0.5) is 10.2 Å². The Bertz CT molecular complexity index is 1360. The first-order chi connectivity index (χ1) is 17.4. The summed E-state index contributed by atoms with van der Waals surface area (Å²) in [4.78, 5) is 45.4. The molecular weight excluding hydrogens is 467 g/mol. The molecule has 4 heterocycles. The predicted octanol–water partition coefficient (Wildman–Crippen LogP) is 2.39. The van der Waals surface area contributed by atoms with E-state index in [0.717, 1.165) is 31.2 Å². The standard InChI is InChI=1S/C25H29FN6O4/c1-15(14-36-2)30-12-19-23(25(30)35)31(13-21(33)28-20-8-7-17(26)11-27-20)22-10-18(29-32(22)24(19)34)9-16-5-3-4-6-16/h7-8,10-11,15-16H,3-6,9,12-14H2,1-2H3,(H,27,28,33)/t15-/m0/s1. The molecule has 0 spiro atoms. The largest absolute Gasteiger partial charge is 0.383 e. The van der Waals surface area contributed by atoms with E-state index in [-0.39, 0.29) is 42.1 Å². The van der Waals surface area contributed by atoms with Gasteiger partial charge in [0.15, 0.2) is 0 Å². The minimum atomic E-state index is -0.516. The van der Waals surface area contributed by atoms with Crippen LogP contribution < -0.4 is 10.9 Å². The van der Waals surface area contributed by atoms with E-state index in [2.05, 4.69) is 15.4 Å². The lowest BCUT2D eigenvalue weighted by Crippen LogP contribution is -2.37. The molecule has 2 aliphatic rings. The van der Waals surface area contributed by atoms with Gasteiger partial charge >= 0.3 is 0 Å². The summed E-state index contributed by atoms with van der Waals surface area (Å²) in [7, 11) is 1.55. The molecule has 11 heteroatoms. The number of anilines is 1. The molecule has 1 aliphatic carbocycles. The predicted molar refractivity (Wildman–Crippen MR) is 129 cm³/mol. The van der Waals surface area contributed by atoms with Crippen LogP contribution in [-0.2, 0) is 29.0 Å². The van der Waals surface area contributed by atoms with E-state index in [1.165, 1.54) is 29.5 Å². The van der Waals surface area contributed by atoms with E-state index >= 15 is 0 Å². The number of amides is 2. The van der Waals surface area contributed by atoms with Gasteiger partial charge in [0, 0.05) is 13.2 Å². The second kappa shape index (κ2) is 9.81. The molecule has 1 aliphatic heterocycles. The molecule has 0 saturated heterocycles. The number of carbonyl (C=O) groups is 2. The van der Waals surface area contributed by atoms with Crippen molar-refractivity contribution in [2.24, 2.45) is 5.92 Å². The van der Waals surface area contributed by atoms with Crippen molar-refractivity contribution in [3.63, 3.8) is 0 Å². The number of nitrogens with one attached hydrogen (secondary N) is 1. The van der Waals surface area contributed by atoms with E-state index in [1.54, 1.807) is 22.6 Å². The van der Waals surface area contributed by atoms with Gasteiger partial charge in [0.25, 0.3) is 11.5 Å². The molecule has 1 atom stereocenters. The van der Waals surface area contributed by atoms with Gasteiger partial charge in [-0.25, -0.2) is 9.37 Å². The Morgan fingerprint density at radius 2 is 2.06 bits per heavy atom. The van der Waals surface area contributed by atoms with Gasteiger partial charge in [-0.05, 0) is 31.4 Å². The van der Waals surface area contributed by atoms with Crippen molar-refractivity contribution in [3.05, 3.63) is 57.5 Å². The van der Waals surface area contributed by atoms with Crippen molar-refractivity contribution in [2.45, 2.75) is 58.2 Å². The highest BCUT2D eigenvalue weighted by Crippen LogP contribution is 2.29. The highest BCUT2D eigenvalue weighted by Gasteiger charge is 2.37. The Kier molecular flexibility index (Phi) is 6.57. The zero-order valence-electron chi connectivity index (χ0n) is 20.4. The fourth-order valence-corrected chi connectivity index (χ4v) is 5.27. The Morgan fingerprint density at radius 3 is 2.75 bits per heavy atom. The van der Waals surface area contributed by atoms with Crippen molar-refractivity contribution in [1.29, 1.82) is 0 Å². The van der Waals surface area contributed by atoms with Gasteiger partial charge in [0.2, 0.25) is 5.91 Å². The lowest BCUT2D eigenvalue weighted by Gasteiger charge is -2.23. The third kappa shape index (κ3) is 4.50. The Morgan fingerprint density at radius 1 is 1.28 bits per heavy atom. The van der Waals surface area contributed by atoms with Crippen molar-refractivity contribution in [1.82, 2.24) is 24.1 Å². The number of nitrogens with zero attached hydrogens (tertiary/aromatic N) is 5. The van der Waals surface area contributed by atoms with E-state index < -0.39 is 11.7 Å². The third-order valence-electron chi connectivity index (χ3n) is 7.02. The van der Waals surface area contributed by atoms with Gasteiger partial charge < -0.3 is 19.5 Å². The van der Waals surface area contributed by atoms with Crippen LogP contribution in [0.1, 0.15) is 54.4 Å². The maximum Gasteiger partial charge on any atom is 0.280 e. The molecule has 1 N–H and O–H groups in total. The SMILES string of the molecule is COC[C@H](C)N1Cc2c(n(CC(=O)Nc3ccc(F)cn3)c3cc(CC4CCCC4)nn3c2=O)C1=O. The molecule has 0 radical (unpaired) electrons. The van der Waals surface area contributed by atoms with Crippen molar-refractivity contribution in [3.8, 4) is 0 Å². The molecule has 3 aromatic rings. The van der Waals surface area contributed by atoms with Crippen LogP contribution in [0.3, 0.4) is 0 Å². The Hall–Kier alpha value is -3.60. The maximum atomic E-state index is 13.5. The first-order valence-electron chi connectivity index (χ1n) is 12.2. The number of halogens is 1. The highest BCUT2D eigenvalue weighted by molar-refractivity contribution is 5.98. The minimum absolute atomic E-state index is 0.117. The van der Waals surface area contributed by atoms with Gasteiger partial charge in [-0.3, -0.25) is 14.4 Å². The van der Waals surface area contributed by atoms with Crippen molar-refractivity contribution < 1.29 is 18.7 Å². The molecule has 190 valence electrons. The van der Waals surface area contributed by atoms with E-state index in [0.29, 0.717) is 23.7 Å². The number of hydrogen-bond donors (Lipinski definition) is 1. The molecule has 5 rings (SSSR count). The van der Waals surface area contributed by atoms with Gasteiger partial charge in [0.05, 0.1) is 36.6 Å². The Labute approximate surface area is 207 Å². The lowest BCUT2D eigenvalue weighted by atomic mass is 10.0. The number of fused-ring (bicyclic) bond motifs is 2. The average Bonchev–Trinajstić information content (AvgIpc) is 3.58. The number of pyridine rings is 1. The summed E-state index contributed by atoms with van der Waals surface area (Å²) in [5.74, 6) is -0.604. The zero-order valence-corrected chi connectivity index (χ0v) is 20.4. The Balaban J connectivity index is 1.54. The van der Waals surface area contributed by atoms with Gasteiger partial charge in [-0.2, -0.15) is 9.61 Å². The quantitative estimate of drug-likeness (QED) is 0.513. The number of carbonyl (C=O) groups excluding carboxylic acids is 2. The van der Waals surface area contributed by atoms with Crippen LogP contribution in [-0.4, -0.2) is 55.6 Å². The number of rotatable bonds is 8. The summed E-state index contributed by atoms with van der Waals surface area (Å²) in [5, 5.41) is 7.22. The first kappa shape index (κ1) is 24.1. The molecule has 10 nitrogen and oxygen atoms in total. The van der Waals surface area contributed by atoms with Crippen LogP contribution in [0.25, 0.3) is 5.65 Å². The molecule has 0 aromatic carbocycles. The number of hydrogen-bond acceptors (Lipinski definition) is 6. The third-order valence-corrected chi connectivity index (χ3v) is 7.02. The fourth-order valence-electron chi connectivity index (χ4n) is 5.27. The smallest absolute Gasteiger partial charge is 0.280 e. The summed E-state index contributed by atoms with van der Waals surface area (Å²) >= 11 is 0. The van der Waals surface area contributed by atoms with Gasteiger partial charge in [-0.15, -0.1) is 0 Å². The first-order valence-corrected chi connectivity index (χ1v) is 12.2. The molecule has 1 fully saturated rings. The summed E-state index contributed by atoms with van der Waals surface area (Å²) < 4.78 is 21.3. The number of methoxy groups -OCH3 is 1. The molecule has 0 bridgehead atoms. The maximum absolute atomic E-state index is 13.5. The van der Waals surface area contributed by atoms with E-state index in [9.17, 15) is 18.8 Å². The number of aromatic nitrogens is 4. The van der Waals surface area contributed by atoms with Crippen LogP contribution >= 0.6 is 0 Å². The zero-order chi connectivity index (χ0) is 25.4. The second-order valence-corrected chi connectivity index (χ2v) is 9.63. The minimum Gasteiger partial charge on any atom is -0.383 e. The summed E-state index contributed by atoms with van der Waals surface area (Å²) in [6, 6.07) is 4.10. The van der Waals surface area contributed by atoms with Gasteiger partial charge in [0.1, 0.15) is 29.5 Å². The van der Waals surface area contributed by atoms with Crippen molar-refractivity contribution >= 4 is 23.3 Å². The average molecular weight is 497 g/mol. The monoisotopic (exact) mass is 496 g/mol. The molecular formula is C25H29FN6O4. The topological polar surface area (TPSA) is 111 Å². The summed E-state index contributed by atoms with van der Waals surface area (Å²) in [5.41, 5.74) is 1.30. The van der Waals surface area contributed by atoms with Crippen molar-refractivity contribution in [2.75, 3.05) is 19.0 Å². The van der Waals surface area contributed by atoms with Gasteiger partial charge in [-0.1, -0.05) is 25.7 Å². The lowest BCUT2D eigenvalue weighted by molar-refractivity contribution is -0.116.